The van der Waals surface area contributed by atoms with E-state index < -0.39 is 5.63 Å². The standard InChI is InChI=1S/C21H13NO2S/c1-25-19-11-18(24-21(23)17(19)12-22)20-15-8-4-2-6-13(15)10-14-7-3-5-9-16(14)20/h2-11H,1H3. The zero-order chi connectivity index (χ0) is 17.4. The zero-order valence-corrected chi connectivity index (χ0v) is 14.3. The first-order chi connectivity index (χ1) is 12.2. The molecule has 0 unspecified atom stereocenters. The van der Waals surface area contributed by atoms with Crippen LogP contribution < -0.4 is 5.63 Å². The fraction of sp³-hybridized carbons (Fsp3) is 0.0476. The fourth-order valence-corrected chi connectivity index (χ4v) is 3.69. The quantitative estimate of drug-likeness (QED) is 0.370. The highest BCUT2D eigenvalue weighted by Gasteiger charge is 2.16. The maximum atomic E-state index is 12.3. The van der Waals surface area contributed by atoms with E-state index in [0.717, 1.165) is 27.1 Å². The van der Waals surface area contributed by atoms with Gasteiger partial charge in [-0.15, -0.1) is 11.8 Å². The maximum absolute atomic E-state index is 12.3. The molecule has 0 saturated heterocycles. The molecule has 0 aliphatic rings. The van der Waals surface area contributed by atoms with Crippen LogP contribution in [0.2, 0.25) is 0 Å². The van der Waals surface area contributed by atoms with E-state index in [1.54, 1.807) is 6.07 Å². The van der Waals surface area contributed by atoms with Gasteiger partial charge in [0, 0.05) is 10.5 Å². The molecule has 0 fully saturated rings. The molecule has 25 heavy (non-hydrogen) atoms. The van der Waals surface area contributed by atoms with Gasteiger partial charge in [0.1, 0.15) is 11.8 Å². The SMILES string of the molecule is CSc1cc(-c2c3ccccc3cc3ccccc23)oc(=O)c1C#N. The number of thioether (sulfide) groups is 1. The molecule has 1 aromatic heterocycles. The van der Waals surface area contributed by atoms with Crippen LogP contribution in [-0.4, -0.2) is 6.26 Å². The molecule has 1 heterocycles. The molecule has 0 N–H and O–H groups in total. The smallest absolute Gasteiger partial charge is 0.355 e. The van der Waals surface area contributed by atoms with Crippen molar-refractivity contribution < 1.29 is 4.42 Å². The Bertz CT molecular complexity index is 1160. The molecule has 120 valence electrons. The van der Waals surface area contributed by atoms with Gasteiger partial charge in [-0.1, -0.05) is 48.5 Å². The molecule has 4 aromatic rings. The van der Waals surface area contributed by atoms with Crippen molar-refractivity contribution in [2.75, 3.05) is 6.26 Å². The van der Waals surface area contributed by atoms with Crippen LogP contribution in [0.4, 0.5) is 0 Å². The van der Waals surface area contributed by atoms with Gasteiger partial charge in [0.2, 0.25) is 0 Å². The first kappa shape index (κ1) is 15.5. The number of rotatable bonds is 2. The molecule has 0 bridgehead atoms. The highest BCUT2D eigenvalue weighted by molar-refractivity contribution is 7.98. The van der Waals surface area contributed by atoms with Gasteiger partial charge >= 0.3 is 5.63 Å². The van der Waals surface area contributed by atoms with Crippen molar-refractivity contribution in [3.8, 4) is 17.4 Å². The lowest BCUT2D eigenvalue weighted by Gasteiger charge is -2.11. The molecule has 0 atom stereocenters. The summed E-state index contributed by atoms with van der Waals surface area (Å²) in [5.41, 5.74) is 0.341. The predicted octanol–water partition coefficient (Wildman–Crippen LogP) is 5.21. The van der Waals surface area contributed by atoms with Crippen molar-refractivity contribution in [2.24, 2.45) is 0 Å². The summed E-state index contributed by atoms with van der Waals surface area (Å²) in [6.07, 6.45) is 1.85. The topological polar surface area (TPSA) is 54.0 Å². The molecule has 0 spiro atoms. The summed E-state index contributed by atoms with van der Waals surface area (Å²) < 4.78 is 5.55. The monoisotopic (exact) mass is 343 g/mol. The van der Waals surface area contributed by atoms with Gasteiger partial charge in [0.05, 0.1) is 0 Å². The van der Waals surface area contributed by atoms with Gasteiger partial charge in [0.15, 0.2) is 5.56 Å². The minimum Gasteiger partial charge on any atom is -0.422 e. The van der Waals surface area contributed by atoms with Crippen molar-refractivity contribution in [3.63, 3.8) is 0 Å². The van der Waals surface area contributed by atoms with Crippen LogP contribution >= 0.6 is 11.8 Å². The molecule has 0 radical (unpaired) electrons. The number of nitriles is 1. The highest BCUT2D eigenvalue weighted by atomic mass is 32.2. The van der Waals surface area contributed by atoms with E-state index in [-0.39, 0.29) is 5.56 Å². The number of benzene rings is 3. The second-order valence-corrected chi connectivity index (χ2v) is 6.50. The van der Waals surface area contributed by atoms with Gasteiger partial charge in [-0.05, 0) is 39.9 Å². The van der Waals surface area contributed by atoms with Crippen LogP contribution in [0.25, 0.3) is 32.9 Å². The normalized spacial score (nSPS) is 10.9. The Kier molecular flexibility index (Phi) is 3.79. The Morgan fingerprint density at radius 3 is 2.12 bits per heavy atom. The van der Waals surface area contributed by atoms with E-state index in [9.17, 15) is 10.1 Å². The predicted molar refractivity (Wildman–Crippen MR) is 102 cm³/mol. The van der Waals surface area contributed by atoms with Gasteiger partial charge in [-0.3, -0.25) is 0 Å². The zero-order valence-electron chi connectivity index (χ0n) is 13.4. The lowest BCUT2D eigenvalue weighted by Crippen LogP contribution is -2.06. The third-order valence-electron chi connectivity index (χ3n) is 4.26. The van der Waals surface area contributed by atoms with Crippen LogP contribution in [0.3, 0.4) is 0 Å². The summed E-state index contributed by atoms with van der Waals surface area (Å²) in [7, 11) is 0. The first-order valence-corrected chi connectivity index (χ1v) is 8.98. The second-order valence-electron chi connectivity index (χ2n) is 5.65. The largest absolute Gasteiger partial charge is 0.422 e. The van der Waals surface area contributed by atoms with E-state index >= 15 is 0 Å². The number of fused-ring (bicyclic) bond motifs is 2. The summed E-state index contributed by atoms with van der Waals surface area (Å²) >= 11 is 1.37. The van der Waals surface area contributed by atoms with Crippen LogP contribution in [-0.2, 0) is 0 Å². The highest BCUT2D eigenvalue weighted by Crippen LogP contribution is 2.37. The average Bonchev–Trinajstić information content (AvgIpc) is 2.65. The van der Waals surface area contributed by atoms with Crippen molar-refractivity contribution in [3.05, 3.63) is 76.6 Å². The molecular weight excluding hydrogens is 330 g/mol. The molecule has 0 saturated carbocycles. The molecule has 0 amide bonds. The molecular formula is C21H13NO2S. The molecule has 4 heteroatoms. The van der Waals surface area contributed by atoms with Crippen LogP contribution in [0.15, 0.2) is 74.8 Å². The van der Waals surface area contributed by atoms with E-state index in [2.05, 4.69) is 6.07 Å². The van der Waals surface area contributed by atoms with Crippen molar-refractivity contribution in [2.45, 2.75) is 4.90 Å². The molecule has 3 aromatic carbocycles. The summed E-state index contributed by atoms with van der Waals surface area (Å²) in [4.78, 5) is 12.9. The minimum atomic E-state index is -0.596. The number of nitrogens with zero attached hydrogens (tertiary/aromatic N) is 1. The van der Waals surface area contributed by atoms with E-state index in [1.807, 2.05) is 60.9 Å². The lowest BCUT2D eigenvalue weighted by molar-refractivity contribution is 0.519. The van der Waals surface area contributed by atoms with E-state index in [1.165, 1.54) is 11.8 Å². The van der Waals surface area contributed by atoms with Crippen LogP contribution in [0.5, 0.6) is 0 Å². The Labute approximate surface area is 148 Å². The number of hydrogen-bond acceptors (Lipinski definition) is 4. The lowest BCUT2D eigenvalue weighted by atomic mass is 9.95. The third kappa shape index (κ3) is 2.50. The molecule has 0 aliphatic heterocycles. The first-order valence-electron chi connectivity index (χ1n) is 7.76. The van der Waals surface area contributed by atoms with Crippen molar-refractivity contribution in [1.29, 1.82) is 5.26 Å². The second kappa shape index (κ2) is 6.12. The Balaban J connectivity index is 2.18. The van der Waals surface area contributed by atoms with Crippen molar-refractivity contribution >= 4 is 33.3 Å². The third-order valence-corrected chi connectivity index (χ3v) is 5.03. The molecule has 0 aliphatic carbocycles. The maximum Gasteiger partial charge on any atom is 0.355 e. The average molecular weight is 343 g/mol. The van der Waals surface area contributed by atoms with Crippen molar-refractivity contribution in [1.82, 2.24) is 0 Å². The number of hydrogen-bond donors (Lipinski definition) is 0. The van der Waals surface area contributed by atoms with Gasteiger partial charge in [-0.2, -0.15) is 5.26 Å². The summed E-state index contributed by atoms with van der Waals surface area (Å²) in [6, 6.07) is 21.9. The Hall–Kier alpha value is -3.03. The van der Waals surface area contributed by atoms with Crippen LogP contribution in [0, 0.1) is 11.3 Å². The Morgan fingerprint density at radius 1 is 0.960 bits per heavy atom. The fourth-order valence-electron chi connectivity index (χ4n) is 3.14. The van der Waals surface area contributed by atoms with Crippen LogP contribution in [0.1, 0.15) is 5.56 Å². The van der Waals surface area contributed by atoms with Gasteiger partial charge < -0.3 is 4.42 Å². The Morgan fingerprint density at radius 2 is 1.56 bits per heavy atom. The summed E-state index contributed by atoms with van der Waals surface area (Å²) in [5, 5.41) is 13.4. The molecule has 4 rings (SSSR count). The summed E-state index contributed by atoms with van der Waals surface area (Å²) in [5.74, 6) is 0.487. The van der Waals surface area contributed by atoms with E-state index in [0.29, 0.717) is 10.7 Å². The summed E-state index contributed by atoms with van der Waals surface area (Å²) in [6.45, 7) is 0. The van der Waals surface area contributed by atoms with E-state index in [4.69, 9.17) is 4.42 Å². The van der Waals surface area contributed by atoms with Gasteiger partial charge in [0.25, 0.3) is 0 Å². The molecule has 3 nitrogen and oxygen atoms in total. The van der Waals surface area contributed by atoms with Gasteiger partial charge in [-0.25, -0.2) is 4.79 Å². The minimum absolute atomic E-state index is 0.0563.